The van der Waals surface area contributed by atoms with Gasteiger partial charge in [-0.15, -0.1) is 0 Å². The van der Waals surface area contributed by atoms with Gasteiger partial charge in [0.2, 0.25) is 0 Å². The number of aryl methyl sites for hydroxylation is 1. The van der Waals surface area contributed by atoms with Gasteiger partial charge in [0, 0.05) is 20.1 Å². The normalized spacial score (nSPS) is 25.0. The largest absolute Gasteiger partial charge is 0.377 e. The molecule has 0 spiro atoms. The van der Waals surface area contributed by atoms with Crippen molar-refractivity contribution in [3.05, 3.63) is 34.9 Å². The summed E-state index contributed by atoms with van der Waals surface area (Å²) in [4.78, 5) is 0. The highest BCUT2D eigenvalue weighted by molar-refractivity contribution is 5.37. The van der Waals surface area contributed by atoms with Crippen molar-refractivity contribution in [2.24, 2.45) is 5.73 Å². The molecule has 1 unspecified atom stereocenters. The second kappa shape index (κ2) is 3.95. The van der Waals surface area contributed by atoms with Gasteiger partial charge in [0.15, 0.2) is 0 Å². The van der Waals surface area contributed by atoms with E-state index >= 15 is 0 Å². The smallest absolute Gasteiger partial charge is 0.0843 e. The van der Waals surface area contributed by atoms with Gasteiger partial charge in [-0.25, -0.2) is 0 Å². The Balaban J connectivity index is 2.34. The highest BCUT2D eigenvalue weighted by Gasteiger charge is 2.33. The fourth-order valence-electron chi connectivity index (χ4n) is 2.51. The molecule has 1 atom stereocenters. The number of nitrogens with two attached hydrogens (primary N) is 1. The van der Waals surface area contributed by atoms with Crippen molar-refractivity contribution in [2.45, 2.75) is 31.8 Å². The van der Waals surface area contributed by atoms with Crippen molar-refractivity contribution in [3.63, 3.8) is 0 Å². The Bertz CT molecular complexity index is 356. The van der Waals surface area contributed by atoms with Crippen molar-refractivity contribution in [3.8, 4) is 0 Å². The summed E-state index contributed by atoms with van der Waals surface area (Å²) in [5.41, 5.74) is 10.0. The highest BCUT2D eigenvalue weighted by atomic mass is 16.5. The standard InChI is InChI=1S/C13H19NO/c1-10-4-3-5-11-8-13(9-14,15-2)7-6-12(10)11/h3-5H,6-9,14H2,1-2H3. The third kappa shape index (κ3) is 1.80. The predicted molar refractivity (Wildman–Crippen MR) is 62.0 cm³/mol. The lowest BCUT2D eigenvalue weighted by molar-refractivity contribution is -0.0135. The summed E-state index contributed by atoms with van der Waals surface area (Å²) >= 11 is 0. The molecule has 82 valence electrons. The average Bonchev–Trinajstić information content (AvgIpc) is 2.29. The maximum absolute atomic E-state index is 5.82. The number of hydrogen-bond donors (Lipinski definition) is 1. The molecule has 0 aliphatic heterocycles. The van der Waals surface area contributed by atoms with Crippen LogP contribution in [0.15, 0.2) is 18.2 Å². The van der Waals surface area contributed by atoms with Gasteiger partial charge in [-0.1, -0.05) is 18.2 Å². The van der Waals surface area contributed by atoms with E-state index in [0.717, 1.165) is 19.3 Å². The van der Waals surface area contributed by atoms with Gasteiger partial charge in [-0.05, 0) is 36.5 Å². The van der Waals surface area contributed by atoms with Crippen molar-refractivity contribution in [1.29, 1.82) is 0 Å². The van der Waals surface area contributed by atoms with Crippen LogP contribution in [0, 0.1) is 6.92 Å². The Morgan fingerprint density at radius 2 is 2.27 bits per heavy atom. The van der Waals surface area contributed by atoms with E-state index in [2.05, 4.69) is 25.1 Å². The van der Waals surface area contributed by atoms with Crippen LogP contribution in [0.5, 0.6) is 0 Å². The fraction of sp³-hybridized carbons (Fsp3) is 0.538. The first-order valence-corrected chi connectivity index (χ1v) is 5.53. The SMILES string of the molecule is COC1(CN)CCc2c(C)cccc2C1. The minimum Gasteiger partial charge on any atom is -0.377 e. The van der Waals surface area contributed by atoms with Gasteiger partial charge >= 0.3 is 0 Å². The number of benzene rings is 1. The topological polar surface area (TPSA) is 35.2 Å². The summed E-state index contributed by atoms with van der Waals surface area (Å²) in [6, 6.07) is 6.50. The van der Waals surface area contributed by atoms with Crippen molar-refractivity contribution >= 4 is 0 Å². The molecule has 0 heterocycles. The molecule has 1 aliphatic rings. The van der Waals surface area contributed by atoms with Crippen molar-refractivity contribution in [1.82, 2.24) is 0 Å². The summed E-state index contributed by atoms with van der Waals surface area (Å²) in [5.74, 6) is 0. The molecule has 0 saturated heterocycles. The highest BCUT2D eigenvalue weighted by Crippen LogP contribution is 2.31. The quantitative estimate of drug-likeness (QED) is 0.799. The Kier molecular flexibility index (Phi) is 2.81. The van der Waals surface area contributed by atoms with Crippen LogP contribution in [0.25, 0.3) is 0 Å². The van der Waals surface area contributed by atoms with Crippen LogP contribution in [0.3, 0.4) is 0 Å². The molecule has 0 amide bonds. The van der Waals surface area contributed by atoms with E-state index in [-0.39, 0.29) is 5.60 Å². The number of fused-ring (bicyclic) bond motifs is 1. The van der Waals surface area contributed by atoms with Crippen LogP contribution < -0.4 is 5.73 Å². The molecule has 0 bridgehead atoms. The van der Waals surface area contributed by atoms with E-state index < -0.39 is 0 Å². The average molecular weight is 205 g/mol. The van der Waals surface area contributed by atoms with Gasteiger partial charge in [0.25, 0.3) is 0 Å². The predicted octanol–water partition coefficient (Wildman–Crippen LogP) is 1.83. The first kappa shape index (κ1) is 10.7. The zero-order valence-corrected chi connectivity index (χ0v) is 9.55. The number of rotatable bonds is 2. The first-order valence-electron chi connectivity index (χ1n) is 5.53. The maximum atomic E-state index is 5.82. The van der Waals surface area contributed by atoms with E-state index in [1.807, 2.05) is 0 Å². The zero-order valence-electron chi connectivity index (χ0n) is 9.55. The second-order valence-electron chi connectivity index (χ2n) is 4.48. The molecule has 1 aromatic carbocycles. The molecule has 1 aromatic rings. The summed E-state index contributed by atoms with van der Waals surface area (Å²) < 4.78 is 5.60. The molecule has 0 fully saturated rings. The van der Waals surface area contributed by atoms with Gasteiger partial charge in [0.1, 0.15) is 0 Å². The summed E-state index contributed by atoms with van der Waals surface area (Å²) in [6.45, 7) is 2.79. The summed E-state index contributed by atoms with van der Waals surface area (Å²) in [5, 5.41) is 0. The molecule has 1 aliphatic carbocycles. The monoisotopic (exact) mass is 205 g/mol. The van der Waals surface area contributed by atoms with E-state index in [4.69, 9.17) is 10.5 Å². The molecule has 15 heavy (non-hydrogen) atoms. The number of ether oxygens (including phenoxy) is 1. The minimum absolute atomic E-state index is 0.124. The second-order valence-corrected chi connectivity index (χ2v) is 4.48. The van der Waals surface area contributed by atoms with E-state index in [9.17, 15) is 0 Å². The van der Waals surface area contributed by atoms with E-state index in [1.54, 1.807) is 7.11 Å². The van der Waals surface area contributed by atoms with E-state index in [0.29, 0.717) is 6.54 Å². The Hall–Kier alpha value is -0.860. The van der Waals surface area contributed by atoms with Crippen molar-refractivity contribution < 1.29 is 4.74 Å². The first-order chi connectivity index (χ1) is 7.21. The zero-order chi connectivity index (χ0) is 10.9. The van der Waals surface area contributed by atoms with Gasteiger partial charge in [-0.2, -0.15) is 0 Å². The molecule has 2 rings (SSSR count). The van der Waals surface area contributed by atoms with Crippen LogP contribution in [-0.2, 0) is 17.6 Å². The summed E-state index contributed by atoms with van der Waals surface area (Å²) in [7, 11) is 1.77. The maximum Gasteiger partial charge on any atom is 0.0843 e. The molecule has 0 saturated carbocycles. The molecule has 2 heteroatoms. The minimum atomic E-state index is -0.124. The van der Waals surface area contributed by atoms with Crippen LogP contribution in [0.4, 0.5) is 0 Å². The van der Waals surface area contributed by atoms with Gasteiger partial charge in [0.05, 0.1) is 5.60 Å². The lowest BCUT2D eigenvalue weighted by atomic mass is 9.79. The third-order valence-electron chi connectivity index (χ3n) is 3.66. The lowest BCUT2D eigenvalue weighted by Gasteiger charge is -2.36. The Morgan fingerprint density at radius 1 is 1.47 bits per heavy atom. The van der Waals surface area contributed by atoms with Crippen LogP contribution >= 0.6 is 0 Å². The fourth-order valence-corrected chi connectivity index (χ4v) is 2.51. The number of methoxy groups -OCH3 is 1. The third-order valence-corrected chi connectivity index (χ3v) is 3.66. The van der Waals surface area contributed by atoms with Crippen LogP contribution in [0.1, 0.15) is 23.1 Å². The van der Waals surface area contributed by atoms with E-state index in [1.165, 1.54) is 16.7 Å². The van der Waals surface area contributed by atoms with Gasteiger partial charge < -0.3 is 10.5 Å². The van der Waals surface area contributed by atoms with Crippen LogP contribution in [-0.4, -0.2) is 19.3 Å². The summed E-state index contributed by atoms with van der Waals surface area (Å²) in [6.07, 6.45) is 3.09. The molecule has 0 radical (unpaired) electrons. The molecular formula is C13H19NO. The van der Waals surface area contributed by atoms with Crippen LogP contribution in [0.2, 0.25) is 0 Å². The van der Waals surface area contributed by atoms with Crippen molar-refractivity contribution in [2.75, 3.05) is 13.7 Å². The lowest BCUT2D eigenvalue weighted by Crippen LogP contribution is -2.44. The number of hydrogen-bond acceptors (Lipinski definition) is 2. The molecular weight excluding hydrogens is 186 g/mol. The molecule has 2 nitrogen and oxygen atoms in total. The Labute approximate surface area is 91.4 Å². The Morgan fingerprint density at radius 3 is 2.93 bits per heavy atom. The molecule has 0 aromatic heterocycles. The van der Waals surface area contributed by atoms with Gasteiger partial charge in [-0.3, -0.25) is 0 Å². The molecule has 2 N–H and O–H groups in total.